The zero-order valence-corrected chi connectivity index (χ0v) is 16.9. The van der Waals surface area contributed by atoms with Crippen LogP contribution in [0.15, 0.2) is 60.2 Å². The SMILES string of the molecule is CCOC(=O)/C(C#N)=C1/C=C(c2ccc(N(CC)CC)cc2)Oc2ccccc21. The van der Waals surface area contributed by atoms with Crippen LogP contribution in [0.25, 0.3) is 11.3 Å². The van der Waals surface area contributed by atoms with Crippen molar-refractivity contribution in [2.75, 3.05) is 24.6 Å². The van der Waals surface area contributed by atoms with E-state index >= 15 is 0 Å². The first kappa shape index (κ1) is 20.2. The molecule has 0 aromatic heterocycles. The minimum atomic E-state index is -0.630. The minimum absolute atomic E-state index is 0.0279. The maximum Gasteiger partial charge on any atom is 0.349 e. The lowest BCUT2D eigenvalue weighted by Crippen LogP contribution is -2.21. The number of rotatable bonds is 6. The van der Waals surface area contributed by atoms with Gasteiger partial charge >= 0.3 is 5.97 Å². The summed E-state index contributed by atoms with van der Waals surface area (Å²) in [6, 6.07) is 17.4. The molecule has 0 unspecified atom stereocenters. The smallest absolute Gasteiger partial charge is 0.349 e. The standard InChI is InChI=1S/C24H24N2O3/c1-4-26(5-2)18-13-11-17(12-14-18)23-15-20(21(16-25)24(27)28-6-3)19-9-7-8-10-22(19)29-23/h7-15H,4-6H2,1-3H3/b21-20-. The summed E-state index contributed by atoms with van der Waals surface area (Å²) in [6.07, 6.45) is 1.74. The Hall–Kier alpha value is -3.52. The number of benzene rings is 2. The Bertz CT molecular complexity index is 994. The number of allylic oxidation sites excluding steroid dienone is 2. The molecule has 0 radical (unpaired) electrons. The Labute approximate surface area is 171 Å². The second-order valence-corrected chi connectivity index (χ2v) is 6.45. The molecule has 0 amide bonds. The van der Waals surface area contributed by atoms with E-state index in [1.54, 1.807) is 13.0 Å². The van der Waals surface area contributed by atoms with Gasteiger partial charge in [-0.3, -0.25) is 0 Å². The lowest BCUT2D eigenvalue weighted by Gasteiger charge is -2.23. The molecule has 0 aliphatic carbocycles. The fraction of sp³-hybridized carbons (Fsp3) is 0.250. The molecule has 0 saturated carbocycles. The predicted molar refractivity (Wildman–Crippen MR) is 114 cm³/mol. The molecule has 1 aliphatic heterocycles. The van der Waals surface area contributed by atoms with Gasteiger partial charge in [-0.2, -0.15) is 5.26 Å². The molecule has 0 saturated heterocycles. The molecule has 1 aliphatic rings. The van der Waals surface area contributed by atoms with Crippen molar-refractivity contribution in [1.82, 2.24) is 0 Å². The minimum Gasteiger partial charge on any atom is -0.462 e. The molecular formula is C24H24N2O3. The highest BCUT2D eigenvalue weighted by Crippen LogP contribution is 2.38. The van der Waals surface area contributed by atoms with Crippen molar-refractivity contribution in [3.8, 4) is 11.8 Å². The molecule has 3 rings (SSSR count). The Morgan fingerprint density at radius 1 is 1.07 bits per heavy atom. The first-order valence-electron chi connectivity index (χ1n) is 9.78. The van der Waals surface area contributed by atoms with Gasteiger partial charge in [-0.25, -0.2) is 4.79 Å². The van der Waals surface area contributed by atoms with Gasteiger partial charge in [0.2, 0.25) is 0 Å². The van der Waals surface area contributed by atoms with Crippen LogP contribution in [-0.2, 0) is 9.53 Å². The number of hydrogen-bond acceptors (Lipinski definition) is 5. The van der Waals surface area contributed by atoms with Crippen LogP contribution in [0.5, 0.6) is 5.75 Å². The van der Waals surface area contributed by atoms with Crippen LogP contribution in [0.4, 0.5) is 5.69 Å². The average molecular weight is 388 g/mol. The van der Waals surface area contributed by atoms with Gasteiger partial charge in [0.25, 0.3) is 0 Å². The van der Waals surface area contributed by atoms with Gasteiger partial charge in [0.15, 0.2) is 0 Å². The van der Waals surface area contributed by atoms with Crippen molar-refractivity contribution >= 4 is 23.0 Å². The molecule has 0 spiro atoms. The quantitative estimate of drug-likeness (QED) is 0.404. The zero-order valence-electron chi connectivity index (χ0n) is 16.9. The van der Waals surface area contributed by atoms with Crippen molar-refractivity contribution in [2.45, 2.75) is 20.8 Å². The molecule has 29 heavy (non-hydrogen) atoms. The number of anilines is 1. The first-order chi connectivity index (χ1) is 14.1. The van der Waals surface area contributed by atoms with E-state index in [0.29, 0.717) is 22.6 Å². The van der Waals surface area contributed by atoms with Gasteiger partial charge < -0.3 is 14.4 Å². The molecule has 148 valence electrons. The maximum atomic E-state index is 12.3. The van der Waals surface area contributed by atoms with E-state index in [2.05, 4.69) is 18.7 Å². The number of para-hydroxylation sites is 1. The number of fused-ring (bicyclic) bond motifs is 1. The van der Waals surface area contributed by atoms with Crippen molar-refractivity contribution < 1.29 is 14.3 Å². The number of esters is 1. The van der Waals surface area contributed by atoms with Crippen LogP contribution in [0.2, 0.25) is 0 Å². The fourth-order valence-corrected chi connectivity index (χ4v) is 3.33. The van der Waals surface area contributed by atoms with E-state index in [1.807, 2.05) is 54.6 Å². The van der Waals surface area contributed by atoms with E-state index in [9.17, 15) is 10.1 Å². The van der Waals surface area contributed by atoms with Crippen molar-refractivity contribution in [3.05, 3.63) is 71.3 Å². The van der Waals surface area contributed by atoms with Gasteiger partial charge in [0, 0.05) is 35.5 Å². The third-order valence-corrected chi connectivity index (χ3v) is 4.81. The Kier molecular flexibility index (Phi) is 6.36. The van der Waals surface area contributed by atoms with Crippen molar-refractivity contribution in [3.63, 3.8) is 0 Å². The number of ether oxygens (including phenoxy) is 2. The normalized spacial score (nSPS) is 14.1. The molecule has 5 heteroatoms. The second-order valence-electron chi connectivity index (χ2n) is 6.45. The van der Waals surface area contributed by atoms with Crippen molar-refractivity contribution in [1.29, 1.82) is 5.26 Å². The Balaban J connectivity index is 2.08. The van der Waals surface area contributed by atoms with Gasteiger partial charge in [-0.05, 0) is 57.2 Å². The molecule has 0 bridgehead atoms. The van der Waals surface area contributed by atoms with Gasteiger partial charge in [0.05, 0.1) is 6.61 Å². The van der Waals surface area contributed by atoms with Crippen LogP contribution in [0, 0.1) is 11.3 Å². The van der Waals surface area contributed by atoms with E-state index < -0.39 is 5.97 Å². The zero-order chi connectivity index (χ0) is 20.8. The molecule has 5 nitrogen and oxygen atoms in total. The van der Waals surface area contributed by atoms with Crippen LogP contribution in [0.1, 0.15) is 31.9 Å². The van der Waals surface area contributed by atoms with E-state index in [0.717, 1.165) is 24.3 Å². The van der Waals surface area contributed by atoms with E-state index in [-0.39, 0.29) is 12.2 Å². The number of nitriles is 1. The second kappa shape index (κ2) is 9.11. The van der Waals surface area contributed by atoms with Crippen LogP contribution >= 0.6 is 0 Å². The lowest BCUT2D eigenvalue weighted by molar-refractivity contribution is -0.137. The third kappa shape index (κ3) is 4.17. The van der Waals surface area contributed by atoms with Crippen molar-refractivity contribution in [2.24, 2.45) is 0 Å². The van der Waals surface area contributed by atoms with E-state index in [4.69, 9.17) is 9.47 Å². The Morgan fingerprint density at radius 3 is 2.38 bits per heavy atom. The summed E-state index contributed by atoms with van der Waals surface area (Å²) in [5, 5.41) is 9.63. The molecule has 0 fully saturated rings. The van der Waals surface area contributed by atoms with Crippen LogP contribution in [-0.4, -0.2) is 25.7 Å². The fourth-order valence-electron chi connectivity index (χ4n) is 3.33. The summed E-state index contributed by atoms with van der Waals surface area (Å²) in [5.41, 5.74) is 3.18. The highest BCUT2D eigenvalue weighted by molar-refractivity contribution is 6.06. The largest absolute Gasteiger partial charge is 0.462 e. The topological polar surface area (TPSA) is 62.6 Å². The van der Waals surface area contributed by atoms with Gasteiger partial charge in [-0.1, -0.05) is 18.2 Å². The van der Waals surface area contributed by atoms with Crippen LogP contribution in [0.3, 0.4) is 0 Å². The van der Waals surface area contributed by atoms with E-state index in [1.165, 1.54) is 0 Å². The number of carbonyl (C=O) groups is 1. The summed E-state index contributed by atoms with van der Waals surface area (Å²) >= 11 is 0. The third-order valence-electron chi connectivity index (χ3n) is 4.81. The molecule has 0 atom stereocenters. The molecular weight excluding hydrogens is 364 g/mol. The summed E-state index contributed by atoms with van der Waals surface area (Å²) < 4.78 is 11.2. The lowest BCUT2D eigenvalue weighted by atomic mass is 9.95. The van der Waals surface area contributed by atoms with Gasteiger partial charge in [0.1, 0.15) is 23.2 Å². The molecule has 0 N–H and O–H groups in total. The summed E-state index contributed by atoms with van der Waals surface area (Å²) in [5.74, 6) is 0.556. The highest BCUT2D eigenvalue weighted by atomic mass is 16.5. The summed E-state index contributed by atoms with van der Waals surface area (Å²) in [4.78, 5) is 14.6. The predicted octanol–water partition coefficient (Wildman–Crippen LogP) is 4.81. The number of hydrogen-bond donors (Lipinski definition) is 0. The highest BCUT2D eigenvalue weighted by Gasteiger charge is 2.24. The Morgan fingerprint density at radius 2 is 1.76 bits per heavy atom. The molecule has 2 aromatic rings. The summed E-state index contributed by atoms with van der Waals surface area (Å²) in [6.45, 7) is 8.03. The summed E-state index contributed by atoms with van der Waals surface area (Å²) in [7, 11) is 0. The number of nitrogens with zero attached hydrogens (tertiary/aromatic N) is 2. The van der Waals surface area contributed by atoms with Crippen LogP contribution < -0.4 is 9.64 Å². The molecule has 1 heterocycles. The first-order valence-corrected chi connectivity index (χ1v) is 9.78. The number of carbonyl (C=O) groups excluding carboxylic acids is 1. The van der Waals surface area contributed by atoms with Gasteiger partial charge in [-0.15, -0.1) is 0 Å². The molecule has 2 aromatic carbocycles. The average Bonchev–Trinajstić information content (AvgIpc) is 2.75. The maximum absolute atomic E-state index is 12.3. The monoisotopic (exact) mass is 388 g/mol.